The van der Waals surface area contributed by atoms with E-state index in [0.29, 0.717) is 6.61 Å². The standard InChI is InChI=1S/C21H26O3Si/c1-5-19(20-16-22-21(2,3)23-20)24-25(4,17-12-8-6-9-13-17)18-14-10-7-11-15-18/h5-15,19-20H,1,16H2,2-4H3/t19-,20+/m0/s1. The molecule has 0 bridgehead atoms. The highest BCUT2D eigenvalue weighted by Crippen LogP contribution is 2.27. The van der Waals surface area contributed by atoms with Gasteiger partial charge in [-0.25, -0.2) is 0 Å². The van der Waals surface area contributed by atoms with Crippen LogP contribution < -0.4 is 10.4 Å². The summed E-state index contributed by atoms with van der Waals surface area (Å²) in [7, 11) is -2.41. The van der Waals surface area contributed by atoms with Gasteiger partial charge >= 0.3 is 0 Å². The van der Waals surface area contributed by atoms with Crippen molar-refractivity contribution >= 4 is 18.7 Å². The largest absolute Gasteiger partial charge is 0.399 e. The van der Waals surface area contributed by atoms with Crippen LogP contribution in [0.4, 0.5) is 0 Å². The Kier molecular flexibility index (Phi) is 5.25. The maximum Gasteiger partial charge on any atom is 0.253 e. The molecule has 3 nitrogen and oxygen atoms in total. The molecule has 25 heavy (non-hydrogen) atoms. The average molecular weight is 355 g/mol. The fourth-order valence-corrected chi connectivity index (χ4v) is 6.30. The molecule has 0 unspecified atom stereocenters. The Morgan fingerprint density at radius 2 is 1.60 bits per heavy atom. The van der Waals surface area contributed by atoms with Crippen LogP contribution in [0.5, 0.6) is 0 Å². The third-order valence-electron chi connectivity index (χ3n) is 4.65. The summed E-state index contributed by atoms with van der Waals surface area (Å²) in [5, 5.41) is 2.46. The van der Waals surface area contributed by atoms with Gasteiger partial charge in [-0.1, -0.05) is 66.7 Å². The lowest BCUT2D eigenvalue weighted by atomic mass is 10.2. The summed E-state index contributed by atoms with van der Waals surface area (Å²) in [6.45, 7) is 10.6. The first-order valence-corrected chi connectivity index (χ1v) is 11.1. The van der Waals surface area contributed by atoms with Crippen LogP contribution >= 0.6 is 0 Å². The number of rotatable bonds is 6. The van der Waals surface area contributed by atoms with Crippen molar-refractivity contribution in [1.29, 1.82) is 0 Å². The van der Waals surface area contributed by atoms with Gasteiger partial charge in [0.25, 0.3) is 8.32 Å². The summed E-state index contributed by atoms with van der Waals surface area (Å²) in [6, 6.07) is 20.9. The first kappa shape index (κ1) is 18.1. The Morgan fingerprint density at radius 1 is 1.08 bits per heavy atom. The van der Waals surface area contributed by atoms with Crippen molar-refractivity contribution in [3.05, 3.63) is 73.3 Å². The third-order valence-corrected chi connectivity index (χ3v) is 8.26. The van der Waals surface area contributed by atoms with Gasteiger partial charge in [-0.2, -0.15) is 0 Å². The molecule has 4 heteroatoms. The second kappa shape index (κ2) is 7.26. The van der Waals surface area contributed by atoms with Crippen LogP contribution in [0.2, 0.25) is 6.55 Å². The summed E-state index contributed by atoms with van der Waals surface area (Å²) in [5.74, 6) is -0.577. The average Bonchev–Trinajstić information content (AvgIpc) is 3.00. The predicted octanol–water partition coefficient (Wildman–Crippen LogP) is 3.10. The minimum atomic E-state index is -2.41. The van der Waals surface area contributed by atoms with E-state index >= 15 is 0 Å². The molecule has 1 fully saturated rings. The fraction of sp³-hybridized carbons (Fsp3) is 0.333. The number of hydrogen-bond acceptors (Lipinski definition) is 3. The van der Waals surface area contributed by atoms with Crippen molar-refractivity contribution in [2.45, 2.75) is 38.4 Å². The van der Waals surface area contributed by atoms with E-state index in [2.05, 4.69) is 61.7 Å². The van der Waals surface area contributed by atoms with Crippen molar-refractivity contribution in [2.24, 2.45) is 0 Å². The Morgan fingerprint density at radius 3 is 2.00 bits per heavy atom. The van der Waals surface area contributed by atoms with E-state index in [1.54, 1.807) is 0 Å². The molecule has 0 spiro atoms. The Hall–Kier alpha value is -1.72. The van der Waals surface area contributed by atoms with Crippen LogP contribution in [-0.2, 0) is 13.9 Å². The van der Waals surface area contributed by atoms with Gasteiger partial charge in [0.05, 0.1) is 12.7 Å². The fourth-order valence-electron chi connectivity index (χ4n) is 3.24. The van der Waals surface area contributed by atoms with Gasteiger partial charge in [0, 0.05) is 0 Å². The SMILES string of the molecule is C=C[C@H](O[Si](C)(c1ccccc1)c1ccccc1)[C@H]1COC(C)(C)O1. The lowest BCUT2D eigenvalue weighted by Crippen LogP contribution is -2.61. The molecule has 3 rings (SSSR count). The number of hydrogen-bond donors (Lipinski definition) is 0. The first-order chi connectivity index (χ1) is 11.9. The molecular formula is C21H26O3Si. The Balaban J connectivity index is 1.94. The van der Waals surface area contributed by atoms with Crippen LogP contribution in [0.25, 0.3) is 0 Å². The molecule has 1 saturated heterocycles. The zero-order valence-electron chi connectivity index (χ0n) is 15.1. The summed E-state index contributed by atoms with van der Waals surface area (Å²) < 4.78 is 18.5. The quantitative estimate of drug-likeness (QED) is 0.589. The molecule has 0 aliphatic carbocycles. The van der Waals surface area contributed by atoms with E-state index in [1.807, 2.05) is 32.1 Å². The first-order valence-electron chi connectivity index (χ1n) is 8.68. The van der Waals surface area contributed by atoms with Crippen LogP contribution in [0.3, 0.4) is 0 Å². The topological polar surface area (TPSA) is 27.7 Å². The minimum Gasteiger partial charge on any atom is -0.399 e. The Labute approximate surface area is 151 Å². The van der Waals surface area contributed by atoms with Crippen molar-refractivity contribution in [3.63, 3.8) is 0 Å². The van der Waals surface area contributed by atoms with Crippen LogP contribution in [0.1, 0.15) is 13.8 Å². The summed E-state index contributed by atoms with van der Waals surface area (Å²) in [4.78, 5) is 0. The molecular weight excluding hydrogens is 328 g/mol. The van der Waals surface area contributed by atoms with E-state index in [0.717, 1.165) is 0 Å². The lowest BCUT2D eigenvalue weighted by molar-refractivity contribution is -0.146. The zero-order valence-corrected chi connectivity index (χ0v) is 16.1. The molecule has 2 atom stereocenters. The highest BCUT2D eigenvalue weighted by Gasteiger charge is 2.42. The van der Waals surface area contributed by atoms with Gasteiger partial charge < -0.3 is 13.9 Å². The molecule has 0 radical (unpaired) electrons. The van der Waals surface area contributed by atoms with E-state index in [-0.39, 0.29) is 12.2 Å². The predicted molar refractivity (Wildman–Crippen MR) is 104 cm³/mol. The monoisotopic (exact) mass is 354 g/mol. The second-order valence-electron chi connectivity index (χ2n) is 6.95. The molecule has 1 aliphatic rings. The van der Waals surface area contributed by atoms with Gasteiger partial charge in [0.1, 0.15) is 6.10 Å². The molecule has 0 saturated carbocycles. The number of benzene rings is 2. The van der Waals surface area contributed by atoms with E-state index in [9.17, 15) is 0 Å². The highest BCUT2D eigenvalue weighted by atomic mass is 28.4. The molecule has 1 heterocycles. The number of ether oxygens (including phenoxy) is 2. The molecule has 132 valence electrons. The maximum atomic E-state index is 6.75. The summed E-state index contributed by atoms with van der Waals surface area (Å²) >= 11 is 0. The molecule has 2 aromatic rings. The van der Waals surface area contributed by atoms with Crippen molar-refractivity contribution in [2.75, 3.05) is 6.61 Å². The second-order valence-corrected chi connectivity index (χ2v) is 10.4. The molecule has 2 aromatic carbocycles. The highest BCUT2D eigenvalue weighted by molar-refractivity contribution is 6.96. The molecule has 0 N–H and O–H groups in total. The van der Waals surface area contributed by atoms with Gasteiger partial charge in [0.2, 0.25) is 0 Å². The van der Waals surface area contributed by atoms with E-state index < -0.39 is 14.1 Å². The third kappa shape index (κ3) is 3.93. The van der Waals surface area contributed by atoms with Crippen LogP contribution in [-0.4, -0.2) is 32.9 Å². The normalized spacial score (nSPS) is 21.0. The van der Waals surface area contributed by atoms with E-state index in [4.69, 9.17) is 13.9 Å². The lowest BCUT2D eigenvalue weighted by Gasteiger charge is -2.34. The van der Waals surface area contributed by atoms with Gasteiger partial charge in [-0.15, -0.1) is 6.58 Å². The molecule has 0 amide bonds. The van der Waals surface area contributed by atoms with Crippen molar-refractivity contribution in [1.82, 2.24) is 0 Å². The van der Waals surface area contributed by atoms with E-state index in [1.165, 1.54) is 10.4 Å². The smallest absolute Gasteiger partial charge is 0.253 e. The van der Waals surface area contributed by atoms with Crippen LogP contribution in [0.15, 0.2) is 73.3 Å². The van der Waals surface area contributed by atoms with Crippen molar-refractivity contribution in [3.8, 4) is 0 Å². The summed E-state index contributed by atoms with van der Waals surface area (Å²) in [6.07, 6.45) is 1.47. The van der Waals surface area contributed by atoms with Gasteiger partial charge in [0.15, 0.2) is 5.79 Å². The molecule has 1 aliphatic heterocycles. The minimum absolute atomic E-state index is 0.147. The van der Waals surface area contributed by atoms with Gasteiger partial charge in [-0.05, 0) is 30.8 Å². The molecule has 0 aromatic heterocycles. The van der Waals surface area contributed by atoms with Crippen LogP contribution in [0, 0.1) is 0 Å². The van der Waals surface area contributed by atoms with Gasteiger partial charge in [-0.3, -0.25) is 0 Å². The summed E-state index contributed by atoms with van der Waals surface area (Å²) in [5.41, 5.74) is 0. The van der Waals surface area contributed by atoms with Crippen molar-refractivity contribution < 1.29 is 13.9 Å². The maximum absolute atomic E-state index is 6.75. The zero-order chi connectivity index (χ0) is 17.9. The Bertz CT molecular complexity index is 660.